The van der Waals surface area contributed by atoms with E-state index in [4.69, 9.17) is 16.7 Å². The lowest BCUT2D eigenvalue weighted by Crippen LogP contribution is -2.45. The second-order valence-electron chi connectivity index (χ2n) is 7.20. The van der Waals surface area contributed by atoms with E-state index in [1.54, 1.807) is 32.9 Å². The lowest BCUT2D eigenvalue weighted by atomic mass is 9.96. The fraction of sp³-hybridized carbons (Fsp3) is 0.182. The molecule has 0 fully saturated rings. The molecule has 11 nitrogen and oxygen atoms in total. The summed E-state index contributed by atoms with van der Waals surface area (Å²) in [5, 5.41) is 26.7. The number of hydrazine groups is 1. The molecule has 3 amide bonds. The molecule has 0 saturated heterocycles. The van der Waals surface area contributed by atoms with E-state index in [0.29, 0.717) is 15.7 Å². The molecule has 0 unspecified atom stereocenters. The minimum Gasteiger partial charge on any atom is -0.464 e. The van der Waals surface area contributed by atoms with Crippen molar-refractivity contribution in [3.63, 3.8) is 0 Å². The van der Waals surface area contributed by atoms with Gasteiger partial charge < -0.3 is 10.4 Å². The Morgan fingerprint density at radius 3 is 2.60 bits per heavy atom. The van der Waals surface area contributed by atoms with Gasteiger partial charge in [-0.15, -0.1) is 0 Å². The number of nitrogens with one attached hydrogen (secondary N) is 2. The van der Waals surface area contributed by atoms with E-state index in [0.717, 1.165) is 5.01 Å². The van der Waals surface area contributed by atoms with Gasteiger partial charge in [-0.25, -0.2) is 24.9 Å². The second-order valence-corrected chi connectivity index (χ2v) is 8.42. The number of hydrogen-bond donors (Lipinski definition) is 3. The second kappa shape index (κ2) is 10.5. The highest BCUT2D eigenvalue weighted by Crippen LogP contribution is 2.29. The third kappa shape index (κ3) is 5.26. The number of rotatable bonds is 5. The summed E-state index contributed by atoms with van der Waals surface area (Å²) in [6, 6.07) is 8.02. The highest BCUT2D eigenvalue weighted by Gasteiger charge is 2.26. The number of nitriles is 1. The molecular formula is C22H19BrClN7O4. The van der Waals surface area contributed by atoms with E-state index in [1.807, 2.05) is 11.5 Å². The maximum absolute atomic E-state index is 13.4. The third-order valence-electron chi connectivity index (χ3n) is 5.13. The van der Waals surface area contributed by atoms with Crippen molar-refractivity contribution < 1.29 is 19.5 Å². The lowest BCUT2D eigenvalue weighted by Gasteiger charge is -2.23. The molecule has 0 aliphatic carbocycles. The minimum atomic E-state index is -1.43. The van der Waals surface area contributed by atoms with Gasteiger partial charge in [0, 0.05) is 18.8 Å². The summed E-state index contributed by atoms with van der Waals surface area (Å²) in [6.45, 7) is 4.90. The van der Waals surface area contributed by atoms with Gasteiger partial charge in [-0.2, -0.15) is 10.4 Å². The number of amides is 3. The molecule has 2 heterocycles. The van der Waals surface area contributed by atoms with Crippen molar-refractivity contribution in [2.75, 3.05) is 11.9 Å². The van der Waals surface area contributed by atoms with Crippen LogP contribution in [0.2, 0.25) is 5.02 Å². The molecule has 0 spiro atoms. The van der Waals surface area contributed by atoms with Crippen LogP contribution >= 0.6 is 27.5 Å². The van der Waals surface area contributed by atoms with E-state index < -0.39 is 17.9 Å². The van der Waals surface area contributed by atoms with Crippen molar-refractivity contribution in [3.8, 4) is 11.9 Å². The molecule has 0 aliphatic rings. The zero-order valence-corrected chi connectivity index (χ0v) is 21.1. The van der Waals surface area contributed by atoms with Crippen LogP contribution in [0.25, 0.3) is 5.82 Å². The Labute approximate surface area is 213 Å². The molecule has 180 valence electrons. The van der Waals surface area contributed by atoms with Crippen molar-refractivity contribution >= 4 is 51.1 Å². The molecule has 0 aliphatic heterocycles. The molecule has 3 rings (SSSR count). The highest BCUT2D eigenvalue weighted by atomic mass is 79.9. The predicted octanol–water partition coefficient (Wildman–Crippen LogP) is 4.07. The first kappa shape index (κ1) is 25.7. The van der Waals surface area contributed by atoms with Gasteiger partial charge in [0.25, 0.3) is 11.8 Å². The number of carbonyl (C=O) groups excluding carboxylic acids is 2. The first-order chi connectivity index (χ1) is 16.6. The number of anilines is 1. The van der Waals surface area contributed by atoms with Crippen LogP contribution in [-0.2, 0) is 0 Å². The predicted molar refractivity (Wildman–Crippen MR) is 131 cm³/mol. The van der Waals surface area contributed by atoms with Crippen LogP contribution in [0.5, 0.6) is 0 Å². The number of pyridine rings is 1. The number of nitrogens with zero attached hydrogens (tertiary/aromatic N) is 5. The summed E-state index contributed by atoms with van der Waals surface area (Å²) in [7, 11) is 0. The zero-order valence-electron chi connectivity index (χ0n) is 18.8. The van der Waals surface area contributed by atoms with Gasteiger partial charge >= 0.3 is 6.09 Å². The Bertz CT molecular complexity index is 1380. The first-order valence-electron chi connectivity index (χ1n) is 10.1. The zero-order chi connectivity index (χ0) is 25.9. The van der Waals surface area contributed by atoms with Gasteiger partial charge in [0.15, 0.2) is 5.82 Å². The van der Waals surface area contributed by atoms with Crippen LogP contribution in [0.1, 0.15) is 44.5 Å². The van der Waals surface area contributed by atoms with Crippen molar-refractivity contribution in [1.29, 1.82) is 5.26 Å². The van der Waals surface area contributed by atoms with Crippen molar-refractivity contribution in [1.82, 2.24) is 25.2 Å². The Kier molecular flexibility index (Phi) is 7.73. The van der Waals surface area contributed by atoms with Crippen LogP contribution in [0.15, 0.2) is 35.1 Å². The molecule has 0 atom stereocenters. The monoisotopic (exact) mass is 559 g/mol. The Morgan fingerprint density at radius 2 is 2.00 bits per heavy atom. The summed E-state index contributed by atoms with van der Waals surface area (Å²) in [6.07, 6.45) is 0.0640. The maximum atomic E-state index is 13.4. The molecular weight excluding hydrogens is 542 g/mol. The Morgan fingerprint density at radius 1 is 1.29 bits per heavy atom. The average Bonchev–Trinajstić information content (AvgIpc) is 3.21. The molecule has 3 N–H and O–H groups in total. The van der Waals surface area contributed by atoms with Gasteiger partial charge in [-0.3, -0.25) is 9.59 Å². The lowest BCUT2D eigenvalue weighted by molar-refractivity contribution is 0.0661. The van der Waals surface area contributed by atoms with E-state index in [1.165, 1.54) is 23.0 Å². The van der Waals surface area contributed by atoms with E-state index in [2.05, 4.69) is 31.3 Å². The fourth-order valence-corrected chi connectivity index (χ4v) is 3.86. The summed E-state index contributed by atoms with van der Waals surface area (Å²) in [5.74, 6) is -1.16. The van der Waals surface area contributed by atoms with E-state index in [9.17, 15) is 19.6 Å². The van der Waals surface area contributed by atoms with Gasteiger partial charge in [0.1, 0.15) is 10.3 Å². The van der Waals surface area contributed by atoms with Crippen molar-refractivity contribution in [3.05, 3.63) is 68.0 Å². The summed E-state index contributed by atoms with van der Waals surface area (Å²) < 4.78 is 1.59. The number of halogens is 2. The number of carbonyl (C=O) groups is 3. The topological polar surface area (TPSA) is 153 Å². The molecule has 3 aromatic rings. The molecule has 0 saturated carbocycles. The SMILES string of the molecule is CCN(NC(=O)O)C(=O)c1cc(C#N)c(C)c(C)c1NC(=O)c1cc(Br)nn1-c1ncccc1Cl. The van der Waals surface area contributed by atoms with Crippen LogP contribution in [0, 0.1) is 25.2 Å². The number of benzene rings is 1. The van der Waals surface area contributed by atoms with Crippen LogP contribution < -0.4 is 10.7 Å². The van der Waals surface area contributed by atoms with Crippen molar-refractivity contribution in [2.45, 2.75) is 20.8 Å². The Balaban J connectivity index is 2.12. The fourth-order valence-electron chi connectivity index (χ4n) is 3.28. The maximum Gasteiger partial charge on any atom is 0.423 e. The van der Waals surface area contributed by atoms with Crippen LogP contribution in [-0.4, -0.2) is 49.3 Å². The summed E-state index contributed by atoms with van der Waals surface area (Å²) in [5.41, 5.74) is 3.37. The number of hydrogen-bond acceptors (Lipinski definition) is 6. The molecule has 35 heavy (non-hydrogen) atoms. The minimum absolute atomic E-state index is 0.00518. The number of aromatic nitrogens is 3. The molecule has 0 radical (unpaired) electrons. The molecule has 0 bridgehead atoms. The standard InChI is InChI=1S/C22H19BrClN7O4/c1-4-30(29-22(34)35)21(33)14-8-13(10-25)11(2)12(3)18(14)27-20(32)16-9-17(23)28-31(16)19-15(24)6-5-7-26-19/h5-9,29H,4H2,1-3H3,(H,27,32)(H,34,35). The van der Waals surface area contributed by atoms with Crippen molar-refractivity contribution in [2.24, 2.45) is 0 Å². The summed E-state index contributed by atoms with van der Waals surface area (Å²) in [4.78, 5) is 41.9. The largest absolute Gasteiger partial charge is 0.464 e. The van der Waals surface area contributed by atoms with E-state index in [-0.39, 0.29) is 39.9 Å². The normalized spacial score (nSPS) is 10.4. The third-order valence-corrected chi connectivity index (χ3v) is 5.82. The van der Waals surface area contributed by atoms with Gasteiger partial charge in [-0.05, 0) is 66.0 Å². The van der Waals surface area contributed by atoms with E-state index >= 15 is 0 Å². The smallest absolute Gasteiger partial charge is 0.423 e. The van der Waals surface area contributed by atoms with Gasteiger partial charge in [0.2, 0.25) is 0 Å². The Hall–Kier alpha value is -3.95. The van der Waals surface area contributed by atoms with Gasteiger partial charge in [-0.1, -0.05) is 11.6 Å². The average molecular weight is 561 g/mol. The van der Waals surface area contributed by atoms with Gasteiger partial charge in [0.05, 0.1) is 27.9 Å². The van der Waals surface area contributed by atoms with Crippen LogP contribution in [0.4, 0.5) is 10.5 Å². The summed E-state index contributed by atoms with van der Waals surface area (Å²) >= 11 is 9.49. The van der Waals surface area contributed by atoms with Crippen LogP contribution in [0.3, 0.4) is 0 Å². The molecule has 1 aromatic carbocycles. The number of carboxylic acid groups (broad SMARTS) is 1. The highest BCUT2D eigenvalue weighted by molar-refractivity contribution is 9.10. The first-order valence-corrected chi connectivity index (χ1v) is 11.3. The molecule has 2 aromatic heterocycles. The quantitative estimate of drug-likeness (QED) is 0.398. The molecule has 13 heteroatoms.